The van der Waals surface area contributed by atoms with Gasteiger partial charge in [-0.05, 0) is 47.2 Å². The van der Waals surface area contributed by atoms with E-state index in [2.05, 4.69) is 111 Å². The first-order valence-electron chi connectivity index (χ1n) is 11.3. The fourth-order valence-corrected chi connectivity index (χ4v) is 4.26. The molecule has 31 heavy (non-hydrogen) atoms. The van der Waals surface area contributed by atoms with E-state index in [1.54, 1.807) is 0 Å². The Labute approximate surface area is 186 Å². The van der Waals surface area contributed by atoms with Crippen LogP contribution in [0.3, 0.4) is 0 Å². The van der Waals surface area contributed by atoms with Crippen LogP contribution in [0.4, 0.5) is 0 Å². The van der Waals surface area contributed by atoms with Crippen LogP contribution < -0.4 is 4.74 Å². The van der Waals surface area contributed by atoms with Crippen molar-refractivity contribution in [3.63, 3.8) is 0 Å². The molecule has 0 aliphatic rings. The van der Waals surface area contributed by atoms with Gasteiger partial charge in [-0.15, -0.1) is 0 Å². The van der Waals surface area contributed by atoms with Gasteiger partial charge in [0.15, 0.2) is 0 Å². The maximum absolute atomic E-state index is 6.72. The summed E-state index contributed by atoms with van der Waals surface area (Å²) >= 11 is 0. The molecule has 156 valence electrons. The molecule has 0 spiro atoms. The summed E-state index contributed by atoms with van der Waals surface area (Å²) in [5.41, 5.74) is 7.46. The largest absolute Gasteiger partial charge is 0.456 e. The summed E-state index contributed by atoms with van der Waals surface area (Å²) in [5.74, 6) is 1.84. The molecule has 0 fully saturated rings. The molecule has 0 bridgehead atoms. The third kappa shape index (κ3) is 4.72. The van der Waals surface area contributed by atoms with E-state index in [0.29, 0.717) is 0 Å². The maximum Gasteiger partial charge on any atom is 0.135 e. The van der Waals surface area contributed by atoms with E-state index < -0.39 is 0 Å². The van der Waals surface area contributed by atoms with Crippen LogP contribution in [0.25, 0.3) is 22.3 Å². The normalized spacial score (nSPS) is 10.8. The molecule has 0 amide bonds. The van der Waals surface area contributed by atoms with Crippen molar-refractivity contribution < 1.29 is 4.74 Å². The van der Waals surface area contributed by atoms with Gasteiger partial charge in [0.1, 0.15) is 11.5 Å². The molecular formula is C30H30O. The molecule has 1 heteroatoms. The predicted molar refractivity (Wildman–Crippen MR) is 132 cm³/mol. The van der Waals surface area contributed by atoms with Crippen LogP contribution in [0.5, 0.6) is 11.5 Å². The van der Waals surface area contributed by atoms with Crippen LogP contribution in [0.2, 0.25) is 0 Å². The van der Waals surface area contributed by atoms with Crippen molar-refractivity contribution in [2.75, 3.05) is 0 Å². The summed E-state index contributed by atoms with van der Waals surface area (Å²) in [4.78, 5) is 0. The molecule has 0 unspecified atom stereocenters. The Balaban J connectivity index is 1.86. The van der Waals surface area contributed by atoms with E-state index >= 15 is 0 Å². The minimum absolute atomic E-state index is 0.919. The van der Waals surface area contributed by atoms with Crippen molar-refractivity contribution in [2.45, 2.75) is 39.5 Å². The smallest absolute Gasteiger partial charge is 0.135 e. The molecule has 0 saturated heterocycles. The third-order valence-corrected chi connectivity index (χ3v) is 5.61. The number of rotatable bonds is 8. The first kappa shape index (κ1) is 20.9. The van der Waals surface area contributed by atoms with Gasteiger partial charge in [0, 0.05) is 11.1 Å². The molecule has 0 aliphatic heterocycles. The number of benzene rings is 4. The lowest BCUT2D eigenvalue weighted by atomic mass is 9.94. The van der Waals surface area contributed by atoms with Gasteiger partial charge < -0.3 is 4.74 Å². The first-order chi connectivity index (χ1) is 15.3. The molecular weight excluding hydrogens is 376 g/mol. The summed E-state index contributed by atoms with van der Waals surface area (Å²) in [6.45, 7) is 4.45. The molecule has 0 radical (unpaired) electrons. The van der Waals surface area contributed by atoms with Gasteiger partial charge in [-0.1, -0.05) is 112 Å². The van der Waals surface area contributed by atoms with Gasteiger partial charge in [-0.25, -0.2) is 0 Å². The van der Waals surface area contributed by atoms with Crippen LogP contribution in [0, 0.1) is 0 Å². The highest BCUT2D eigenvalue weighted by Crippen LogP contribution is 2.41. The van der Waals surface area contributed by atoms with Crippen molar-refractivity contribution >= 4 is 0 Å². The SMILES string of the molecule is CCCc1cccc(Oc2cccc(CCC)c2-c2ccccc2)c1-c1ccccc1. The summed E-state index contributed by atoms with van der Waals surface area (Å²) in [7, 11) is 0. The van der Waals surface area contributed by atoms with Gasteiger partial charge in [-0.2, -0.15) is 0 Å². The van der Waals surface area contributed by atoms with E-state index in [1.165, 1.54) is 33.4 Å². The Morgan fingerprint density at radius 3 is 1.29 bits per heavy atom. The van der Waals surface area contributed by atoms with Crippen molar-refractivity contribution in [1.82, 2.24) is 0 Å². The van der Waals surface area contributed by atoms with Crippen molar-refractivity contribution in [3.8, 4) is 33.8 Å². The summed E-state index contributed by atoms with van der Waals surface area (Å²) < 4.78 is 6.72. The highest BCUT2D eigenvalue weighted by Gasteiger charge is 2.16. The second-order valence-corrected chi connectivity index (χ2v) is 7.91. The van der Waals surface area contributed by atoms with Crippen LogP contribution in [-0.4, -0.2) is 0 Å². The molecule has 4 rings (SSSR count). The van der Waals surface area contributed by atoms with Crippen LogP contribution in [-0.2, 0) is 12.8 Å². The van der Waals surface area contributed by atoms with Crippen molar-refractivity contribution in [3.05, 3.63) is 108 Å². The quantitative estimate of drug-likeness (QED) is 0.284. The zero-order valence-corrected chi connectivity index (χ0v) is 18.5. The fraction of sp³-hybridized carbons (Fsp3) is 0.200. The van der Waals surface area contributed by atoms with E-state index in [9.17, 15) is 0 Å². The van der Waals surface area contributed by atoms with E-state index in [0.717, 1.165) is 37.2 Å². The fourth-order valence-electron chi connectivity index (χ4n) is 4.26. The van der Waals surface area contributed by atoms with Gasteiger partial charge in [0.2, 0.25) is 0 Å². The Hall–Kier alpha value is -3.32. The molecule has 0 heterocycles. The molecule has 0 aromatic heterocycles. The predicted octanol–water partition coefficient (Wildman–Crippen LogP) is 8.72. The lowest BCUT2D eigenvalue weighted by Gasteiger charge is -2.19. The highest BCUT2D eigenvalue weighted by atomic mass is 16.5. The van der Waals surface area contributed by atoms with Gasteiger partial charge in [0.25, 0.3) is 0 Å². The third-order valence-electron chi connectivity index (χ3n) is 5.61. The number of hydrogen-bond donors (Lipinski definition) is 0. The van der Waals surface area contributed by atoms with Crippen LogP contribution in [0.1, 0.15) is 37.8 Å². The minimum atomic E-state index is 0.919. The molecule has 1 nitrogen and oxygen atoms in total. The average molecular weight is 407 g/mol. The van der Waals surface area contributed by atoms with Gasteiger partial charge in [0.05, 0.1) is 0 Å². The maximum atomic E-state index is 6.72. The van der Waals surface area contributed by atoms with E-state index in [4.69, 9.17) is 4.74 Å². The number of aryl methyl sites for hydroxylation is 2. The van der Waals surface area contributed by atoms with E-state index in [1.807, 2.05) is 0 Å². The molecule has 4 aromatic rings. The van der Waals surface area contributed by atoms with Gasteiger partial charge >= 0.3 is 0 Å². The lowest BCUT2D eigenvalue weighted by Crippen LogP contribution is -1.98. The Morgan fingerprint density at radius 1 is 0.484 bits per heavy atom. The van der Waals surface area contributed by atoms with Crippen LogP contribution >= 0.6 is 0 Å². The molecule has 0 N–H and O–H groups in total. The Kier molecular flexibility index (Phi) is 6.84. The summed E-state index contributed by atoms with van der Waals surface area (Å²) in [6.07, 6.45) is 4.26. The minimum Gasteiger partial charge on any atom is -0.456 e. The molecule has 0 atom stereocenters. The molecule has 0 aliphatic carbocycles. The second kappa shape index (κ2) is 10.1. The first-order valence-corrected chi connectivity index (χ1v) is 11.3. The monoisotopic (exact) mass is 406 g/mol. The average Bonchev–Trinajstić information content (AvgIpc) is 2.81. The lowest BCUT2D eigenvalue weighted by molar-refractivity contribution is 0.485. The number of ether oxygens (including phenoxy) is 1. The Morgan fingerprint density at radius 2 is 0.903 bits per heavy atom. The summed E-state index contributed by atoms with van der Waals surface area (Å²) in [6, 6.07) is 34.1. The van der Waals surface area contributed by atoms with Crippen molar-refractivity contribution in [2.24, 2.45) is 0 Å². The summed E-state index contributed by atoms with van der Waals surface area (Å²) in [5, 5.41) is 0. The van der Waals surface area contributed by atoms with Gasteiger partial charge in [-0.3, -0.25) is 0 Å². The molecule has 4 aromatic carbocycles. The van der Waals surface area contributed by atoms with E-state index in [-0.39, 0.29) is 0 Å². The Bertz CT molecular complexity index is 1020. The zero-order chi connectivity index (χ0) is 21.5. The zero-order valence-electron chi connectivity index (χ0n) is 18.5. The molecule has 0 saturated carbocycles. The second-order valence-electron chi connectivity index (χ2n) is 7.91. The standard InChI is InChI=1S/C30H30O/c1-3-13-23-19-11-21-27(29(23)25-15-7-5-8-16-25)31-28-22-12-20-24(14-4-2)30(28)26-17-9-6-10-18-26/h5-12,15-22H,3-4,13-14H2,1-2H3. The topological polar surface area (TPSA) is 9.23 Å². The van der Waals surface area contributed by atoms with Crippen LogP contribution in [0.15, 0.2) is 97.1 Å². The highest BCUT2D eigenvalue weighted by molar-refractivity contribution is 5.78. The number of hydrogen-bond acceptors (Lipinski definition) is 1. The van der Waals surface area contributed by atoms with Crippen molar-refractivity contribution in [1.29, 1.82) is 0 Å².